The van der Waals surface area contributed by atoms with E-state index >= 15 is 0 Å². The van der Waals surface area contributed by atoms with Crippen LogP contribution >= 0.6 is 0 Å². The van der Waals surface area contributed by atoms with Crippen molar-refractivity contribution in [1.29, 1.82) is 0 Å². The summed E-state index contributed by atoms with van der Waals surface area (Å²) in [5.74, 6) is 1.29. The minimum absolute atomic E-state index is 0.0506. The third kappa shape index (κ3) is 6.05. The Bertz CT molecular complexity index is 1550. The van der Waals surface area contributed by atoms with Crippen LogP contribution in [0.3, 0.4) is 0 Å². The van der Waals surface area contributed by atoms with Crippen LogP contribution in [-0.4, -0.2) is 69.5 Å². The first-order chi connectivity index (χ1) is 18.9. The van der Waals surface area contributed by atoms with Gasteiger partial charge in [0.05, 0.1) is 30.4 Å². The molecule has 9 heteroatoms. The van der Waals surface area contributed by atoms with Crippen molar-refractivity contribution in [2.45, 2.75) is 17.2 Å². The van der Waals surface area contributed by atoms with E-state index in [0.29, 0.717) is 29.7 Å². The van der Waals surface area contributed by atoms with Gasteiger partial charge in [0.1, 0.15) is 11.5 Å². The van der Waals surface area contributed by atoms with Gasteiger partial charge in [-0.3, -0.25) is 14.7 Å². The number of sulfone groups is 1. The quantitative estimate of drug-likeness (QED) is 0.328. The maximum Gasteiger partial charge on any atom is 0.253 e. The Kier molecular flexibility index (Phi) is 7.81. The Morgan fingerprint density at radius 1 is 0.846 bits per heavy atom. The first kappa shape index (κ1) is 26.6. The highest BCUT2D eigenvalue weighted by atomic mass is 32.2. The van der Waals surface area contributed by atoms with E-state index in [1.165, 1.54) is 0 Å². The van der Waals surface area contributed by atoms with Gasteiger partial charge in [-0.2, -0.15) is 0 Å². The van der Waals surface area contributed by atoms with E-state index in [9.17, 15) is 13.2 Å². The van der Waals surface area contributed by atoms with Crippen LogP contribution in [-0.2, 0) is 22.1 Å². The van der Waals surface area contributed by atoms with Crippen LogP contribution in [0.15, 0.2) is 83.9 Å². The number of nitrogens with zero attached hydrogens (tertiary/aromatic N) is 3. The van der Waals surface area contributed by atoms with Crippen LogP contribution in [0, 0.1) is 0 Å². The lowest BCUT2D eigenvalue weighted by Crippen LogP contribution is -2.48. The molecule has 8 nitrogen and oxygen atoms in total. The first-order valence-corrected chi connectivity index (χ1v) is 14.4. The second-order valence-corrected chi connectivity index (χ2v) is 11.5. The van der Waals surface area contributed by atoms with E-state index in [4.69, 9.17) is 9.47 Å². The van der Waals surface area contributed by atoms with Crippen LogP contribution in [0.4, 0.5) is 0 Å². The number of amides is 1. The molecule has 0 aliphatic carbocycles. The van der Waals surface area contributed by atoms with Gasteiger partial charge < -0.3 is 14.4 Å². The van der Waals surface area contributed by atoms with E-state index in [1.54, 1.807) is 62.9 Å². The van der Waals surface area contributed by atoms with Gasteiger partial charge in [0.2, 0.25) is 0 Å². The van der Waals surface area contributed by atoms with Crippen molar-refractivity contribution in [2.75, 3.05) is 40.4 Å². The number of benzene rings is 3. The third-order valence-electron chi connectivity index (χ3n) is 6.97. The Morgan fingerprint density at radius 2 is 1.51 bits per heavy atom. The lowest BCUT2D eigenvalue weighted by Gasteiger charge is -2.35. The normalized spacial score (nSPS) is 14.4. The number of aromatic nitrogens is 1. The number of para-hydroxylation sites is 1. The van der Waals surface area contributed by atoms with Gasteiger partial charge in [0, 0.05) is 55.9 Å². The Hall–Kier alpha value is -3.95. The van der Waals surface area contributed by atoms with E-state index in [0.717, 1.165) is 42.1 Å². The molecule has 0 N–H and O–H groups in total. The molecule has 0 atom stereocenters. The van der Waals surface area contributed by atoms with E-state index < -0.39 is 9.84 Å². The molecule has 0 radical (unpaired) electrons. The first-order valence-electron chi connectivity index (χ1n) is 12.8. The van der Waals surface area contributed by atoms with Crippen LogP contribution in [0.1, 0.15) is 21.5 Å². The molecule has 0 bridgehead atoms. The molecule has 1 saturated heterocycles. The number of ether oxygens (including phenoxy) is 2. The fourth-order valence-electron chi connectivity index (χ4n) is 4.88. The topological polar surface area (TPSA) is 89.0 Å². The number of methoxy groups -OCH3 is 2. The van der Waals surface area contributed by atoms with Gasteiger partial charge in [0.25, 0.3) is 5.91 Å². The molecular formula is C30H31N3O5S. The van der Waals surface area contributed by atoms with Gasteiger partial charge in [-0.05, 0) is 47.5 Å². The minimum Gasteiger partial charge on any atom is -0.497 e. The number of fused-ring (bicyclic) bond motifs is 1. The number of rotatable bonds is 8. The molecule has 0 unspecified atom stereocenters. The predicted octanol–water partition coefficient (Wildman–Crippen LogP) is 4.18. The molecule has 1 aliphatic rings. The van der Waals surface area contributed by atoms with Crippen LogP contribution in [0.25, 0.3) is 10.9 Å². The molecule has 0 saturated carbocycles. The van der Waals surface area contributed by atoms with Gasteiger partial charge in [-0.15, -0.1) is 0 Å². The van der Waals surface area contributed by atoms with Crippen LogP contribution in [0.5, 0.6) is 11.5 Å². The van der Waals surface area contributed by atoms with Crippen LogP contribution < -0.4 is 9.47 Å². The highest BCUT2D eigenvalue weighted by Crippen LogP contribution is 2.25. The van der Waals surface area contributed by atoms with Gasteiger partial charge >= 0.3 is 0 Å². The lowest BCUT2D eigenvalue weighted by atomic mass is 10.1. The van der Waals surface area contributed by atoms with E-state index in [-0.39, 0.29) is 16.6 Å². The fourth-order valence-corrected chi connectivity index (χ4v) is 6.41. The number of piperazine rings is 1. The average Bonchev–Trinajstić information content (AvgIpc) is 2.97. The second-order valence-electron chi connectivity index (χ2n) is 9.58. The van der Waals surface area contributed by atoms with Crippen molar-refractivity contribution in [2.24, 2.45) is 0 Å². The Morgan fingerprint density at radius 3 is 2.18 bits per heavy atom. The monoisotopic (exact) mass is 545 g/mol. The Labute approximate surface area is 228 Å². The minimum atomic E-state index is -3.61. The van der Waals surface area contributed by atoms with Gasteiger partial charge in [-0.25, -0.2) is 8.42 Å². The molecule has 202 valence electrons. The van der Waals surface area contributed by atoms with Crippen molar-refractivity contribution in [3.8, 4) is 11.5 Å². The highest BCUT2D eigenvalue weighted by molar-refractivity contribution is 7.90. The molecule has 2 heterocycles. The highest BCUT2D eigenvalue weighted by Gasteiger charge is 2.23. The zero-order valence-corrected chi connectivity index (χ0v) is 22.9. The predicted molar refractivity (Wildman–Crippen MR) is 150 cm³/mol. The lowest BCUT2D eigenvalue weighted by molar-refractivity contribution is 0.0628. The van der Waals surface area contributed by atoms with Crippen molar-refractivity contribution < 1.29 is 22.7 Å². The van der Waals surface area contributed by atoms with E-state index in [1.807, 2.05) is 35.2 Å². The molecule has 1 aromatic heterocycles. The molecule has 1 fully saturated rings. The number of carbonyl (C=O) groups excluding carboxylic acids is 1. The number of hydrogen-bond donors (Lipinski definition) is 0. The van der Waals surface area contributed by atoms with Gasteiger partial charge in [0.15, 0.2) is 9.84 Å². The summed E-state index contributed by atoms with van der Waals surface area (Å²) in [4.78, 5) is 21.8. The number of pyridine rings is 1. The number of hydrogen-bond acceptors (Lipinski definition) is 7. The summed E-state index contributed by atoms with van der Waals surface area (Å²) in [6.07, 6.45) is 1.59. The number of carbonyl (C=O) groups is 1. The fraction of sp³-hybridized carbons (Fsp3) is 0.267. The summed E-state index contributed by atoms with van der Waals surface area (Å²) in [7, 11) is -0.342. The molecule has 4 aromatic rings. The zero-order valence-electron chi connectivity index (χ0n) is 22.0. The Balaban J connectivity index is 1.20. The SMILES string of the molecule is COc1cc(CN2CCN(C(=O)c3ccc(CS(=O)(=O)c4cccc5cccnc45)cc3)CC2)cc(OC)c1. The largest absolute Gasteiger partial charge is 0.497 e. The van der Waals surface area contributed by atoms with Gasteiger partial charge in [-0.1, -0.05) is 30.3 Å². The summed E-state index contributed by atoms with van der Waals surface area (Å²) >= 11 is 0. The van der Waals surface area contributed by atoms with Crippen molar-refractivity contribution in [3.05, 3.63) is 95.7 Å². The smallest absolute Gasteiger partial charge is 0.253 e. The second kappa shape index (κ2) is 11.4. The van der Waals surface area contributed by atoms with Crippen molar-refractivity contribution in [1.82, 2.24) is 14.8 Å². The molecule has 1 aliphatic heterocycles. The molecular weight excluding hydrogens is 514 g/mol. The molecule has 3 aromatic carbocycles. The molecule has 1 amide bonds. The maximum atomic E-state index is 13.2. The summed E-state index contributed by atoms with van der Waals surface area (Å²) in [6.45, 7) is 3.47. The average molecular weight is 546 g/mol. The summed E-state index contributed by atoms with van der Waals surface area (Å²) < 4.78 is 37.1. The van der Waals surface area contributed by atoms with Crippen molar-refractivity contribution >= 4 is 26.6 Å². The molecule has 0 spiro atoms. The summed E-state index contributed by atoms with van der Waals surface area (Å²) in [5, 5.41) is 0.780. The maximum absolute atomic E-state index is 13.2. The molecule has 5 rings (SSSR count). The van der Waals surface area contributed by atoms with Crippen molar-refractivity contribution in [3.63, 3.8) is 0 Å². The standard InChI is InChI=1S/C30H31N3O5S/c1-37-26-17-23(18-27(19-26)38-2)20-32-13-15-33(16-14-32)30(34)25-10-8-22(9-11-25)21-39(35,36)28-7-3-5-24-6-4-12-31-29(24)28/h3-12,17-19H,13-16,20-21H2,1-2H3. The third-order valence-corrected chi connectivity index (χ3v) is 8.68. The van der Waals surface area contributed by atoms with Crippen LogP contribution in [0.2, 0.25) is 0 Å². The zero-order chi connectivity index (χ0) is 27.4. The molecule has 39 heavy (non-hydrogen) atoms. The summed E-state index contributed by atoms with van der Waals surface area (Å²) in [5.41, 5.74) is 2.74. The van der Waals surface area contributed by atoms with E-state index in [2.05, 4.69) is 9.88 Å². The summed E-state index contributed by atoms with van der Waals surface area (Å²) in [6, 6.07) is 21.5.